The minimum Gasteiger partial charge on any atom is -0.491 e. The third-order valence-electron chi connectivity index (χ3n) is 6.84. The summed E-state index contributed by atoms with van der Waals surface area (Å²) < 4.78 is 37.7. The van der Waals surface area contributed by atoms with Crippen LogP contribution in [-0.4, -0.2) is 37.0 Å². The van der Waals surface area contributed by atoms with Crippen LogP contribution in [0.3, 0.4) is 0 Å². The van der Waals surface area contributed by atoms with Gasteiger partial charge in [-0.05, 0) is 68.3 Å². The first-order valence-corrected chi connectivity index (χ1v) is 15.0. The van der Waals surface area contributed by atoms with E-state index in [0.29, 0.717) is 38.7 Å². The minimum absolute atomic E-state index is 0.0665. The van der Waals surface area contributed by atoms with Crippen molar-refractivity contribution in [2.45, 2.75) is 39.5 Å². The lowest BCUT2D eigenvalue weighted by atomic mass is 9.95. The molecule has 8 nitrogen and oxygen atoms in total. The van der Waals surface area contributed by atoms with Gasteiger partial charge < -0.3 is 18.9 Å². The van der Waals surface area contributed by atoms with E-state index in [0.717, 1.165) is 11.1 Å². The lowest BCUT2D eigenvalue weighted by molar-refractivity contribution is -0.140. The SMILES string of the molecule is COCCOC(=O)C1=C(C)N=c2s/c(=C/c3ccc(OCc4ccc(F)cc4)cc3)c(=O)n2[C@H]1c1ccccc1OC(C)C. The lowest BCUT2D eigenvalue weighted by Crippen LogP contribution is -2.40. The topological polar surface area (TPSA) is 88.4 Å². The second-order valence-corrected chi connectivity index (χ2v) is 11.4. The molecule has 1 atom stereocenters. The number of fused-ring (bicyclic) bond motifs is 1. The molecule has 0 radical (unpaired) electrons. The van der Waals surface area contributed by atoms with Gasteiger partial charge in [0.1, 0.15) is 36.6 Å². The maximum absolute atomic E-state index is 14.0. The number of allylic oxidation sites excluding steroid dienone is 1. The maximum Gasteiger partial charge on any atom is 0.338 e. The van der Waals surface area contributed by atoms with Crippen LogP contribution in [0.2, 0.25) is 0 Å². The van der Waals surface area contributed by atoms with Gasteiger partial charge in [0.2, 0.25) is 0 Å². The van der Waals surface area contributed by atoms with Crippen molar-refractivity contribution in [1.29, 1.82) is 0 Å². The lowest BCUT2D eigenvalue weighted by Gasteiger charge is -2.27. The zero-order valence-corrected chi connectivity index (χ0v) is 25.7. The Morgan fingerprint density at radius 2 is 1.77 bits per heavy atom. The van der Waals surface area contributed by atoms with Crippen molar-refractivity contribution < 1.29 is 28.1 Å². The number of hydrogen-bond donors (Lipinski definition) is 0. The predicted molar refractivity (Wildman–Crippen MR) is 166 cm³/mol. The Balaban J connectivity index is 1.51. The summed E-state index contributed by atoms with van der Waals surface area (Å²) in [6, 6.07) is 20.1. The summed E-state index contributed by atoms with van der Waals surface area (Å²) in [6.07, 6.45) is 1.66. The first-order valence-electron chi connectivity index (χ1n) is 14.2. The van der Waals surface area contributed by atoms with Crippen molar-refractivity contribution in [2.24, 2.45) is 4.99 Å². The van der Waals surface area contributed by atoms with E-state index in [-0.39, 0.29) is 36.3 Å². The molecule has 0 saturated carbocycles. The Kier molecular flexibility index (Phi) is 9.72. The Hall–Kier alpha value is -4.54. The third kappa shape index (κ3) is 6.98. The summed E-state index contributed by atoms with van der Waals surface area (Å²) in [4.78, 5) is 32.6. The van der Waals surface area contributed by atoms with Crippen molar-refractivity contribution in [3.05, 3.63) is 126 Å². The number of para-hydroxylation sites is 1. The molecule has 44 heavy (non-hydrogen) atoms. The van der Waals surface area contributed by atoms with Gasteiger partial charge in [0.05, 0.1) is 28.5 Å². The highest BCUT2D eigenvalue weighted by Gasteiger charge is 2.35. The van der Waals surface area contributed by atoms with Crippen molar-refractivity contribution in [1.82, 2.24) is 4.57 Å². The zero-order chi connectivity index (χ0) is 31.2. The number of ether oxygens (including phenoxy) is 4. The van der Waals surface area contributed by atoms with Gasteiger partial charge >= 0.3 is 5.97 Å². The van der Waals surface area contributed by atoms with Gasteiger partial charge in [-0.25, -0.2) is 14.2 Å². The number of esters is 1. The van der Waals surface area contributed by atoms with Gasteiger partial charge in [-0.3, -0.25) is 9.36 Å². The van der Waals surface area contributed by atoms with Gasteiger partial charge in [-0.2, -0.15) is 0 Å². The number of hydrogen-bond acceptors (Lipinski definition) is 8. The molecule has 10 heteroatoms. The molecule has 4 aromatic rings. The molecule has 0 spiro atoms. The van der Waals surface area contributed by atoms with Crippen LogP contribution in [0.25, 0.3) is 6.08 Å². The summed E-state index contributed by atoms with van der Waals surface area (Å²) in [7, 11) is 1.53. The number of rotatable bonds is 11. The first kappa shape index (κ1) is 30.9. The van der Waals surface area contributed by atoms with E-state index in [1.165, 1.54) is 30.6 Å². The fourth-order valence-corrected chi connectivity index (χ4v) is 5.85. The van der Waals surface area contributed by atoms with Crippen molar-refractivity contribution in [3.8, 4) is 11.5 Å². The monoisotopic (exact) mass is 616 g/mol. The molecule has 1 aliphatic heterocycles. The number of aromatic nitrogens is 1. The molecule has 2 heterocycles. The van der Waals surface area contributed by atoms with Crippen molar-refractivity contribution in [3.63, 3.8) is 0 Å². The molecule has 3 aromatic carbocycles. The molecular formula is C34H33FN2O6S. The molecule has 228 valence electrons. The largest absolute Gasteiger partial charge is 0.491 e. The zero-order valence-electron chi connectivity index (χ0n) is 24.9. The van der Waals surface area contributed by atoms with Crippen LogP contribution in [0, 0.1) is 5.82 Å². The first-order chi connectivity index (χ1) is 21.2. The highest BCUT2D eigenvalue weighted by Crippen LogP contribution is 2.36. The van der Waals surface area contributed by atoms with E-state index in [4.69, 9.17) is 18.9 Å². The van der Waals surface area contributed by atoms with Crippen molar-refractivity contribution in [2.75, 3.05) is 20.3 Å². The van der Waals surface area contributed by atoms with E-state index >= 15 is 0 Å². The van der Waals surface area contributed by atoms with Crippen LogP contribution in [0.1, 0.15) is 43.5 Å². The highest BCUT2D eigenvalue weighted by molar-refractivity contribution is 7.07. The number of halogens is 1. The molecule has 0 N–H and O–H groups in total. The second kappa shape index (κ2) is 13.8. The average molecular weight is 617 g/mol. The standard InChI is InChI=1S/C34H33FN2O6S/c1-21(2)43-28-8-6-5-7-27(28)31-30(33(39)41-18-17-40-4)22(3)36-34-37(31)32(38)29(44-34)19-23-11-15-26(16-12-23)42-20-24-9-13-25(35)14-10-24/h5-16,19,21,31H,17-18,20H2,1-4H3/b29-19+/t31-/m0/s1. The predicted octanol–water partition coefficient (Wildman–Crippen LogP) is 4.93. The summed E-state index contributed by atoms with van der Waals surface area (Å²) in [5, 5.41) is 0. The molecule has 0 aliphatic carbocycles. The average Bonchev–Trinajstić information content (AvgIpc) is 3.30. The van der Waals surface area contributed by atoms with Gasteiger partial charge in [0, 0.05) is 12.7 Å². The molecule has 0 unspecified atom stereocenters. The van der Waals surface area contributed by atoms with E-state index in [1.54, 1.807) is 29.7 Å². The molecule has 0 amide bonds. The Labute approximate surface area is 258 Å². The summed E-state index contributed by atoms with van der Waals surface area (Å²) in [5.74, 6) is 0.339. The van der Waals surface area contributed by atoms with Gasteiger partial charge in [0.25, 0.3) is 5.56 Å². The number of nitrogens with zero attached hydrogens (tertiary/aromatic N) is 2. The van der Waals surface area contributed by atoms with E-state index in [9.17, 15) is 14.0 Å². The van der Waals surface area contributed by atoms with E-state index in [1.807, 2.05) is 62.4 Å². The molecule has 0 saturated heterocycles. The summed E-state index contributed by atoms with van der Waals surface area (Å²) in [5.41, 5.74) is 2.74. The normalized spacial score (nSPS) is 14.8. The number of thiazole rings is 1. The van der Waals surface area contributed by atoms with E-state index < -0.39 is 12.0 Å². The fraction of sp³-hybridized carbons (Fsp3) is 0.265. The quantitative estimate of drug-likeness (QED) is 0.176. The van der Waals surface area contributed by atoms with Crippen LogP contribution in [0.15, 0.2) is 93.9 Å². The number of methoxy groups -OCH3 is 1. The van der Waals surface area contributed by atoms with Crippen molar-refractivity contribution >= 4 is 23.4 Å². The van der Waals surface area contributed by atoms with Crippen LogP contribution >= 0.6 is 11.3 Å². The smallest absolute Gasteiger partial charge is 0.338 e. The fourth-order valence-electron chi connectivity index (χ4n) is 4.80. The molecular weight excluding hydrogens is 583 g/mol. The molecule has 0 fully saturated rings. The van der Waals surface area contributed by atoms with Gasteiger partial charge in [-0.15, -0.1) is 0 Å². The number of carbonyl (C=O) groups excluding carboxylic acids is 1. The molecule has 0 bridgehead atoms. The second-order valence-electron chi connectivity index (χ2n) is 10.4. The minimum atomic E-state index is -0.805. The Morgan fingerprint density at radius 1 is 1.05 bits per heavy atom. The molecule has 1 aromatic heterocycles. The Bertz CT molecular complexity index is 1840. The number of carbonyl (C=O) groups is 1. The van der Waals surface area contributed by atoms with Crippen LogP contribution in [0.4, 0.5) is 4.39 Å². The number of benzene rings is 3. The molecule has 1 aliphatic rings. The summed E-state index contributed by atoms with van der Waals surface area (Å²) >= 11 is 1.25. The van der Waals surface area contributed by atoms with E-state index in [2.05, 4.69) is 4.99 Å². The highest BCUT2D eigenvalue weighted by atomic mass is 32.1. The van der Waals surface area contributed by atoms with Crippen LogP contribution in [0.5, 0.6) is 11.5 Å². The third-order valence-corrected chi connectivity index (χ3v) is 7.82. The summed E-state index contributed by atoms with van der Waals surface area (Å²) in [6.45, 7) is 6.19. The van der Waals surface area contributed by atoms with Gasteiger partial charge in [-0.1, -0.05) is 53.8 Å². The molecule has 5 rings (SSSR count). The van der Waals surface area contributed by atoms with Crippen LogP contribution in [-0.2, 0) is 20.9 Å². The Morgan fingerprint density at radius 3 is 2.48 bits per heavy atom. The maximum atomic E-state index is 14.0. The van der Waals surface area contributed by atoms with Crippen LogP contribution < -0.4 is 24.4 Å². The van der Waals surface area contributed by atoms with Gasteiger partial charge in [0.15, 0.2) is 4.80 Å².